The minimum atomic E-state index is -0.00192. The van der Waals surface area contributed by atoms with Crippen LogP contribution in [-0.4, -0.2) is 50.8 Å². The second-order valence-corrected chi connectivity index (χ2v) is 5.97. The number of nitrogens with zero attached hydrogens (tertiary/aromatic N) is 1. The Kier molecular flexibility index (Phi) is 4.33. The first kappa shape index (κ1) is 14.2. The number of quaternary nitrogens is 1. The molecule has 1 fully saturated rings. The Morgan fingerprint density at radius 1 is 1.48 bits per heavy atom. The van der Waals surface area contributed by atoms with Crippen LogP contribution in [0.4, 0.5) is 5.13 Å². The first-order chi connectivity index (χ1) is 10.2. The van der Waals surface area contributed by atoms with Gasteiger partial charge in [-0.1, -0.05) is 11.3 Å². The van der Waals surface area contributed by atoms with Gasteiger partial charge in [-0.15, -0.1) is 0 Å². The van der Waals surface area contributed by atoms with Gasteiger partial charge >= 0.3 is 0 Å². The van der Waals surface area contributed by atoms with Gasteiger partial charge in [-0.3, -0.25) is 10.1 Å². The van der Waals surface area contributed by atoms with E-state index in [1.54, 1.807) is 7.11 Å². The number of anilines is 1. The van der Waals surface area contributed by atoms with Gasteiger partial charge in [0.2, 0.25) is 0 Å². The van der Waals surface area contributed by atoms with Crippen LogP contribution in [0.15, 0.2) is 18.2 Å². The number of carbonyl (C=O) groups is 1. The van der Waals surface area contributed by atoms with E-state index in [1.807, 2.05) is 18.2 Å². The maximum atomic E-state index is 12.0. The highest BCUT2D eigenvalue weighted by Gasteiger charge is 2.18. The van der Waals surface area contributed by atoms with Crippen LogP contribution in [0.25, 0.3) is 10.2 Å². The molecule has 1 amide bonds. The number of morpholine rings is 1. The minimum Gasteiger partial charge on any atom is -0.497 e. The lowest BCUT2D eigenvalue weighted by atomic mass is 10.3. The Bertz CT molecular complexity index is 637. The molecule has 1 aliphatic heterocycles. The van der Waals surface area contributed by atoms with Crippen LogP contribution >= 0.6 is 11.3 Å². The van der Waals surface area contributed by atoms with E-state index in [4.69, 9.17) is 9.47 Å². The predicted octanol–water partition coefficient (Wildman–Crippen LogP) is 0.158. The standard InChI is InChI=1S/C14H17N3O3S/c1-19-10-2-3-11-12(8-10)21-14(15-11)16-13(18)9-17-4-6-20-7-5-17/h2-3,8H,4-7,9H2,1H3,(H,15,16,18)/p+1. The van der Waals surface area contributed by atoms with Gasteiger partial charge in [-0.25, -0.2) is 4.98 Å². The molecule has 21 heavy (non-hydrogen) atoms. The molecule has 0 atom stereocenters. The fourth-order valence-corrected chi connectivity index (χ4v) is 3.22. The molecule has 3 rings (SSSR count). The lowest BCUT2D eigenvalue weighted by Gasteiger charge is -2.22. The van der Waals surface area contributed by atoms with E-state index in [0.717, 1.165) is 42.3 Å². The van der Waals surface area contributed by atoms with Crippen molar-refractivity contribution >= 4 is 32.6 Å². The molecule has 0 aliphatic carbocycles. The van der Waals surface area contributed by atoms with Crippen molar-refractivity contribution in [1.82, 2.24) is 4.98 Å². The number of hydrogen-bond donors (Lipinski definition) is 2. The number of nitrogens with one attached hydrogen (secondary N) is 2. The highest BCUT2D eigenvalue weighted by molar-refractivity contribution is 7.22. The molecule has 1 saturated heterocycles. The van der Waals surface area contributed by atoms with Crippen molar-refractivity contribution < 1.29 is 19.2 Å². The molecular formula is C14H18N3O3S+. The highest BCUT2D eigenvalue weighted by Crippen LogP contribution is 2.28. The predicted molar refractivity (Wildman–Crippen MR) is 81.2 cm³/mol. The molecular weight excluding hydrogens is 290 g/mol. The van der Waals surface area contributed by atoms with Crippen molar-refractivity contribution in [2.45, 2.75) is 0 Å². The molecule has 0 radical (unpaired) electrons. The van der Waals surface area contributed by atoms with Crippen LogP contribution in [0, 0.1) is 0 Å². The summed E-state index contributed by atoms with van der Waals surface area (Å²) in [6.07, 6.45) is 0. The number of fused-ring (bicyclic) bond motifs is 1. The molecule has 0 spiro atoms. The van der Waals surface area contributed by atoms with E-state index < -0.39 is 0 Å². The van der Waals surface area contributed by atoms with Crippen LogP contribution in [0.1, 0.15) is 0 Å². The largest absolute Gasteiger partial charge is 0.497 e. The third-order valence-electron chi connectivity index (χ3n) is 3.45. The number of aromatic nitrogens is 1. The maximum Gasteiger partial charge on any atom is 0.281 e. The molecule has 2 heterocycles. The van der Waals surface area contributed by atoms with Gasteiger partial charge in [0.15, 0.2) is 11.7 Å². The van der Waals surface area contributed by atoms with E-state index >= 15 is 0 Å². The van der Waals surface area contributed by atoms with Gasteiger partial charge < -0.3 is 14.4 Å². The van der Waals surface area contributed by atoms with Crippen molar-refractivity contribution in [1.29, 1.82) is 0 Å². The summed E-state index contributed by atoms with van der Waals surface area (Å²) in [6, 6.07) is 5.69. The summed E-state index contributed by atoms with van der Waals surface area (Å²) in [6.45, 7) is 3.67. The molecule has 112 valence electrons. The molecule has 1 aliphatic rings. The number of benzene rings is 1. The van der Waals surface area contributed by atoms with Gasteiger partial charge in [0, 0.05) is 0 Å². The maximum absolute atomic E-state index is 12.0. The molecule has 0 bridgehead atoms. The number of ether oxygens (including phenoxy) is 2. The van der Waals surface area contributed by atoms with Crippen molar-refractivity contribution in [3.63, 3.8) is 0 Å². The van der Waals surface area contributed by atoms with Crippen LogP contribution in [-0.2, 0) is 9.53 Å². The van der Waals surface area contributed by atoms with Crippen LogP contribution in [0.3, 0.4) is 0 Å². The van der Waals surface area contributed by atoms with Crippen molar-refractivity contribution in [3.05, 3.63) is 18.2 Å². The quantitative estimate of drug-likeness (QED) is 0.844. The second kappa shape index (κ2) is 6.38. The SMILES string of the molecule is COc1ccc2nc(NC(=O)C[NH+]3CCOCC3)sc2c1. The van der Waals surface area contributed by atoms with Gasteiger partial charge in [0.25, 0.3) is 5.91 Å². The van der Waals surface area contributed by atoms with Crippen molar-refractivity contribution in [2.75, 3.05) is 45.3 Å². The topological polar surface area (TPSA) is 64.9 Å². The zero-order chi connectivity index (χ0) is 14.7. The van der Waals surface area contributed by atoms with Crippen molar-refractivity contribution in [3.8, 4) is 5.75 Å². The van der Waals surface area contributed by atoms with E-state index in [0.29, 0.717) is 11.7 Å². The zero-order valence-corrected chi connectivity index (χ0v) is 12.7. The van der Waals surface area contributed by atoms with Crippen LogP contribution in [0.2, 0.25) is 0 Å². The average Bonchev–Trinajstić information content (AvgIpc) is 2.89. The molecule has 2 N–H and O–H groups in total. The van der Waals surface area contributed by atoms with Gasteiger partial charge in [-0.05, 0) is 18.2 Å². The zero-order valence-electron chi connectivity index (χ0n) is 11.8. The van der Waals surface area contributed by atoms with E-state index in [-0.39, 0.29) is 5.91 Å². The number of rotatable bonds is 4. The Morgan fingerprint density at radius 3 is 3.05 bits per heavy atom. The number of amides is 1. The van der Waals surface area contributed by atoms with Crippen molar-refractivity contribution in [2.24, 2.45) is 0 Å². The summed E-state index contributed by atoms with van der Waals surface area (Å²) in [5, 5.41) is 3.52. The normalized spacial score (nSPS) is 16.0. The molecule has 2 aromatic rings. The van der Waals surface area contributed by atoms with E-state index in [1.165, 1.54) is 16.2 Å². The first-order valence-electron chi connectivity index (χ1n) is 6.90. The number of methoxy groups -OCH3 is 1. The monoisotopic (exact) mass is 308 g/mol. The highest BCUT2D eigenvalue weighted by atomic mass is 32.1. The second-order valence-electron chi connectivity index (χ2n) is 4.94. The summed E-state index contributed by atoms with van der Waals surface area (Å²) in [5.74, 6) is 0.791. The Labute approximate surface area is 126 Å². The Morgan fingerprint density at radius 2 is 2.29 bits per heavy atom. The average molecular weight is 308 g/mol. The molecule has 6 nitrogen and oxygen atoms in total. The third kappa shape index (κ3) is 3.49. The molecule has 0 saturated carbocycles. The minimum absolute atomic E-state index is 0.00192. The fourth-order valence-electron chi connectivity index (χ4n) is 2.31. The summed E-state index contributed by atoms with van der Waals surface area (Å²) in [7, 11) is 1.63. The number of hydrogen-bond acceptors (Lipinski definition) is 5. The Hall–Kier alpha value is -1.70. The lowest BCUT2D eigenvalue weighted by Crippen LogP contribution is -3.15. The van der Waals surface area contributed by atoms with Gasteiger partial charge in [-0.2, -0.15) is 0 Å². The van der Waals surface area contributed by atoms with Crippen LogP contribution in [0.5, 0.6) is 5.75 Å². The summed E-state index contributed by atoms with van der Waals surface area (Å²) >= 11 is 1.46. The van der Waals surface area contributed by atoms with Gasteiger partial charge in [0.1, 0.15) is 18.8 Å². The molecule has 1 aromatic carbocycles. The molecule has 1 aromatic heterocycles. The van der Waals surface area contributed by atoms with E-state index in [2.05, 4.69) is 10.3 Å². The lowest BCUT2D eigenvalue weighted by molar-refractivity contribution is -0.899. The summed E-state index contributed by atoms with van der Waals surface area (Å²) in [4.78, 5) is 17.7. The number of carbonyl (C=O) groups excluding carboxylic acids is 1. The first-order valence-corrected chi connectivity index (χ1v) is 7.72. The Balaban J connectivity index is 1.65. The van der Waals surface area contributed by atoms with Gasteiger partial charge in [0.05, 0.1) is 30.5 Å². The third-order valence-corrected chi connectivity index (χ3v) is 4.39. The molecule has 7 heteroatoms. The van der Waals surface area contributed by atoms with Crippen LogP contribution < -0.4 is 15.0 Å². The summed E-state index contributed by atoms with van der Waals surface area (Å²) < 4.78 is 11.5. The molecule has 0 unspecified atom stereocenters. The summed E-state index contributed by atoms with van der Waals surface area (Å²) in [5.41, 5.74) is 0.870. The fraction of sp³-hybridized carbons (Fsp3) is 0.429. The smallest absolute Gasteiger partial charge is 0.281 e. The van der Waals surface area contributed by atoms with E-state index in [9.17, 15) is 4.79 Å². The number of thiazole rings is 1.